The predicted octanol–water partition coefficient (Wildman–Crippen LogP) is 8.81. The summed E-state index contributed by atoms with van der Waals surface area (Å²) in [6.07, 6.45) is 10.3. The van der Waals surface area contributed by atoms with Gasteiger partial charge in [0.25, 0.3) is 0 Å². The minimum Gasteiger partial charge on any atom is -0.379 e. The first-order valence-electron chi connectivity index (χ1n) is 15.4. The second kappa shape index (κ2) is 32.5. The summed E-state index contributed by atoms with van der Waals surface area (Å²) < 4.78 is 10.9. The van der Waals surface area contributed by atoms with Crippen LogP contribution in [0.15, 0.2) is 42.5 Å². The van der Waals surface area contributed by atoms with Crippen molar-refractivity contribution in [3.05, 3.63) is 59.2 Å². The number of benzene rings is 2. The summed E-state index contributed by atoms with van der Waals surface area (Å²) in [5.41, 5.74) is 6.76. The van der Waals surface area contributed by atoms with Gasteiger partial charge < -0.3 is 19.6 Å². The summed E-state index contributed by atoms with van der Waals surface area (Å²) in [6, 6.07) is 17.2. The number of amides is 1. The monoisotopic (exact) mass is 584 g/mol. The highest BCUT2D eigenvalue weighted by Crippen LogP contribution is 2.23. The molecule has 1 N–H and O–H groups in total. The van der Waals surface area contributed by atoms with E-state index in [1.54, 1.807) is 13.2 Å². The van der Waals surface area contributed by atoms with Crippen LogP contribution in [0.5, 0.6) is 0 Å². The van der Waals surface area contributed by atoms with Gasteiger partial charge in [-0.15, -0.1) is 0 Å². The number of carbonyl (C=O) groups is 2. The van der Waals surface area contributed by atoms with Crippen LogP contribution in [0.4, 0.5) is 0 Å². The van der Waals surface area contributed by atoms with E-state index in [9.17, 15) is 4.79 Å². The Balaban J connectivity index is -0.000000521. The van der Waals surface area contributed by atoms with E-state index in [4.69, 9.17) is 19.5 Å². The molecule has 1 unspecified atom stereocenters. The lowest BCUT2D eigenvalue weighted by atomic mass is 9.98. The van der Waals surface area contributed by atoms with E-state index < -0.39 is 0 Å². The molecule has 6 nitrogen and oxygen atoms in total. The van der Waals surface area contributed by atoms with Crippen molar-refractivity contribution in [3.63, 3.8) is 0 Å². The Labute approximate surface area is 258 Å². The highest BCUT2D eigenvalue weighted by atomic mass is 16.5. The van der Waals surface area contributed by atoms with E-state index in [-0.39, 0.29) is 12.6 Å². The topological polar surface area (TPSA) is 88.4 Å². The average Bonchev–Trinajstić information content (AvgIpc) is 3.01. The van der Waals surface area contributed by atoms with Gasteiger partial charge in [0.2, 0.25) is 6.41 Å². The number of nitrogens with one attached hydrogen (secondary N) is 1. The lowest BCUT2D eigenvalue weighted by Gasteiger charge is -2.17. The third-order valence-electron chi connectivity index (χ3n) is 6.23. The van der Waals surface area contributed by atoms with Crippen LogP contribution in [0.25, 0.3) is 11.1 Å². The average molecular weight is 585 g/mol. The minimum atomic E-state index is 0.101. The van der Waals surface area contributed by atoms with Crippen molar-refractivity contribution in [2.45, 2.75) is 119 Å². The number of nitriles is 1. The van der Waals surface area contributed by atoms with E-state index in [0.717, 1.165) is 32.2 Å². The first kappa shape index (κ1) is 43.4. The molecule has 2 aromatic rings. The van der Waals surface area contributed by atoms with E-state index in [1.807, 2.05) is 0 Å². The molecule has 0 aliphatic rings. The SMILES string of the molecule is CC=O.CCCC.CCCCC(CO[C@H](C)CC)OC.CCc1ccc(-c2ccc(C)cc2)cc1C.N#CCNC=O. The molecular weight excluding hydrogens is 524 g/mol. The van der Waals surface area contributed by atoms with Gasteiger partial charge in [0.15, 0.2) is 0 Å². The summed E-state index contributed by atoms with van der Waals surface area (Å²) in [4.78, 5) is 18.1. The maximum atomic E-state index is 9.30. The van der Waals surface area contributed by atoms with Crippen molar-refractivity contribution in [1.29, 1.82) is 5.26 Å². The molecule has 0 radical (unpaired) electrons. The third kappa shape index (κ3) is 25.9. The van der Waals surface area contributed by atoms with Crippen LogP contribution in [0.1, 0.15) is 104 Å². The second-order valence-corrected chi connectivity index (χ2v) is 9.81. The number of methoxy groups -OCH3 is 1. The Morgan fingerprint density at radius 3 is 1.88 bits per heavy atom. The Morgan fingerprint density at radius 2 is 1.50 bits per heavy atom. The number of nitrogens with zero attached hydrogens (tertiary/aromatic N) is 1. The zero-order chi connectivity index (χ0) is 32.6. The van der Waals surface area contributed by atoms with Gasteiger partial charge in [-0.05, 0) is 69.2 Å². The molecule has 2 aromatic carbocycles. The quantitative estimate of drug-likeness (QED) is 0.144. The Hall–Kier alpha value is -3.01. The fourth-order valence-corrected chi connectivity index (χ4v) is 3.20. The first-order chi connectivity index (χ1) is 20.2. The number of rotatable bonds is 13. The molecular formula is C36H60N2O4. The number of unbranched alkanes of at least 4 members (excludes halogenated alkanes) is 2. The van der Waals surface area contributed by atoms with Crippen molar-refractivity contribution < 1.29 is 19.1 Å². The standard InChI is InChI=1S/C16H18.C11H24O2.C4H10.C3H4N2O.C2H4O/c1-4-14-9-10-16(11-13(14)3)15-7-5-12(2)6-8-15;1-5-7-8-11(12-4)9-13-10(3)6-2;1-3-4-2;4-1-2-5-3-6;1-2-3/h5-11H,4H2,1-3H3;10-11H,5-9H2,1-4H3;3-4H2,1-2H3;3H,2H2,(H,5,6);2H,1H3/t;10-,11?;;;/m.1.../s1. The van der Waals surface area contributed by atoms with Crippen molar-refractivity contribution in [1.82, 2.24) is 5.32 Å². The molecule has 0 saturated carbocycles. The third-order valence-corrected chi connectivity index (χ3v) is 6.23. The summed E-state index contributed by atoms with van der Waals surface area (Å²) in [5, 5.41) is 9.88. The first-order valence-corrected chi connectivity index (χ1v) is 15.4. The molecule has 0 heterocycles. The number of aryl methyl sites for hydroxylation is 3. The smallest absolute Gasteiger partial charge is 0.207 e. The zero-order valence-electron chi connectivity index (χ0n) is 28.3. The molecule has 0 fully saturated rings. The van der Waals surface area contributed by atoms with Crippen LogP contribution in [-0.4, -0.2) is 45.2 Å². The maximum absolute atomic E-state index is 9.30. The number of hydrogen-bond acceptors (Lipinski definition) is 5. The van der Waals surface area contributed by atoms with Gasteiger partial charge in [0, 0.05) is 7.11 Å². The molecule has 0 aromatic heterocycles. The highest BCUT2D eigenvalue weighted by molar-refractivity contribution is 5.65. The minimum absolute atomic E-state index is 0.101. The summed E-state index contributed by atoms with van der Waals surface area (Å²) >= 11 is 0. The van der Waals surface area contributed by atoms with Crippen LogP contribution >= 0.6 is 0 Å². The van der Waals surface area contributed by atoms with Crippen LogP contribution in [0, 0.1) is 25.2 Å². The Bertz CT molecular complexity index is 921. The largest absolute Gasteiger partial charge is 0.379 e. The predicted molar refractivity (Wildman–Crippen MR) is 179 cm³/mol. The molecule has 6 heteroatoms. The molecule has 1 amide bonds. The molecule has 0 aliphatic heterocycles. The summed E-state index contributed by atoms with van der Waals surface area (Å²) in [7, 11) is 1.76. The fourth-order valence-electron chi connectivity index (χ4n) is 3.20. The van der Waals surface area contributed by atoms with Gasteiger partial charge in [0.1, 0.15) is 12.8 Å². The molecule has 42 heavy (non-hydrogen) atoms. The second-order valence-electron chi connectivity index (χ2n) is 9.81. The lowest BCUT2D eigenvalue weighted by Crippen LogP contribution is -2.21. The normalized spacial score (nSPS) is 10.7. The van der Waals surface area contributed by atoms with Gasteiger partial charge in [0.05, 0.1) is 24.9 Å². The molecule has 0 spiro atoms. The maximum Gasteiger partial charge on any atom is 0.207 e. The van der Waals surface area contributed by atoms with E-state index in [0.29, 0.717) is 12.5 Å². The van der Waals surface area contributed by atoms with Gasteiger partial charge in [-0.1, -0.05) is 108 Å². The molecule has 0 saturated heterocycles. The van der Waals surface area contributed by atoms with Crippen molar-refractivity contribution >= 4 is 12.7 Å². The van der Waals surface area contributed by atoms with E-state index >= 15 is 0 Å². The number of aldehydes is 1. The summed E-state index contributed by atoms with van der Waals surface area (Å²) in [5.74, 6) is 0. The van der Waals surface area contributed by atoms with E-state index in [1.165, 1.54) is 60.4 Å². The van der Waals surface area contributed by atoms with Gasteiger partial charge >= 0.3 is 0 Å². The fraction of sp³-hybridized carbons (Fsp3) is 0.583. The van der Waals surface area contributed by atoms with Crippen LogP contribution in [-0.2, 0) is 25.5 Å². The van der Waals surface area contributed by atoms with Crippen LogP contribution in [0.3, 0.4) is 0 Å². The van der Waals surface area contributed by atoms with Crippen molar-refractivity contribution in [3.8, 4) is 17.2 Å². The number of carbonyl (C=O) groups excluding carboxylic acids is 2. The van der Waals surface area contributed by atoms with Crippen molar-refractivity contribution in [2.24, 2.45) is 0 Å². The van der Waals surface area contributed by atoms with Crippen LogP contribution in [0.2, 0.25) is 0 Å². The summed E-state index contributed by atoms with van der Waals surface area (Å²) in [6.45, 7) is 19.6. The van der Waals surface area contributed by atoms with Gasteiger partial charge in [-0.25, -0.2) is 0 Å². The zero-order valence-corrected chi connectivity index (χ0v) is 28.3. The molecule has 0 aliphatic carbocycles. The van der Waals surface area contributed by atoms with Gasteiger partial charge in [-0.2, -0.15) is 5.26 Å². The number of hydrogen-bond donors (Lipinski definition) is 1. The van der Waals surface area contributed by atoms with E-state index in [2.05, 4.69) is 103 Å². The highest BCUT2D eigenvalue weighted by Gasteiger charge is 2.08. The van der Waals surface area contributed by atoms with Crippen molar-refractivity contribution in [2.75, 3.05) is 20.3 Å². The van der Waals surface area contributed by atoms with Crippen LogP contribution < -0.4 is 5.32 Å². The molecule has 238 valence electrons. The molecule has 0 bridgehead atoms. The molecule has 2 rings (SSSR count). The Morgan fingerprint density at radius 1 is 0.929 bits per heavy atom. The number of ether oxygens (including phenoxy) is 2. The lowest BCUT2D eigenvalue weighted by molar-refractivity contribution is -0.109. The van der Waals surface area contributed by atoms with Gasteiger partial charge in [-0.3, -0.25) is 4.79 Å². The molecule has 2 atom stereocenters. The Kier molecular flexibility index (Phi) is 33.6.